The molecule has 0 spiro atoms. The van der Waals surface area contributed by atoms with Crippen molar-refractivity contribution < 1.29 is 8.78 Å². The molecule has 1 aromatic carbocycles. The lowest BCUT2D eigenvalue weighted by Crippen LogP contribution is -2.25. The van der Waals surface area contributed by atoms with Crippen molar-refractivity contribution in [3.63, 3.8) is 0 Å². The van der Waals surface area contributed by atoms with E-state index < -0.39 is 11.6 Å². The first-order valence-corrected chi connectivity index (χ1v) is 6.95. The number of nitrogens with zero attached hydrogens (tertiary/aromatic N) is 1. The fraction of sp³-hybridized carbons (Fsp3) is 0.400. The summed E-state index contributed by atoms with van der Waals surface area (Å²) in [7, 11) is 0. The number of nitrogens with one attached hydrogen (secondary N) is 2. The predicted molar refractivity (Wildman–Crippen MR) is 73.0 cm³/mol. The SMILES string of the molecule is Fc1ccc(-c2cnc(CNC3CCCC3)[nH]2)c(F)c1. The molecular weight excluding hydrogens is 260 g/mol. The van der Waals surface area contributed by atoms with Crippen molar-refractivity contribution in [1.82, 2.24) is 15.3 Å². The van der Waals surface area contributed by atoms with Gasteiger partial charge in [0, 0.05) is 17.7 Å². The van der Waals surface area contributed by atoms with E-state index >= 15 is 0 Å². The Morgan fingerprint density at radius 3 is 2.80 bits per heavy atom. The Morgan fingerprint density at radius 1 is 1.25 bits per heavy atom. The molecule has 0 unspecified atom stereocenters. The summed E-state index contributed by atoms with van der Waals surface area (Å²) in [6, 6.07) is 4.11. The lowest BCUT2D eigenvalue weighted by molar-refractivity contribution is 0.515. The molecule has 106 valence electrons. The molecule has 3 nitrogen and oxygen atoms in total. The summed E-state index contributed by atoms with van der Waals surface area (Å²) >= 11 is 0. The van der Waals surface area contributed by atoms with Gasteiger partial charge in [0.2, 0.25) is 0 Å². The van der Waals surface area contributed by atoms with Gasteiger partial charge in [0.25, 0.3) is 0 Å². The van der Waals surface area contributed by atoms with Gasteiger partial charge in [0.15, 0.2) is 0 Å². The van der Waals surface area contributed by atoms with E-state index in [-0.39, 0.29) is 0 Å². The molecule has 0 aliphatic heterocycles. The van der Waals surface area contributed by atoms with Crippen molar-refractivity contribution in [1.29, 1.82) is 0 Å². The van der Waals surface area contributed by atoms with Crippen LogP contribution in [-0.4, -0.2) is 16.0 Å². The molecule has 1 aliphatic rings. The Hall–Kier alpha value is -1.75. The highest BCUT2D eigenvalue weighted by molar-refractivity contribution is 5.59. The number of halogens is 2. The molecule has 5 heteroatoms. The van der Waals surface area contributed by atoms with E-state index in [9.17, 15) is 8.78 Å². The number of rotatable bonds is 4. The van der Waals surface area contributed by atoms with Crippen LogP contribution in [0.3, 0.4) is 0 Å². The molecular formula is C15H17F2N3. The van der Waals surface area contributed by atoms with Crippen LogP contribution in [0.4, 0.5) is 8.78 Å². The number of imidazole rings is 1. The average molecular weight is 277 g/mol. The van der Waals surface area contributed by atoms with Gasteiger partial charge < -0.3 is 10.3 Å². The number of aromatic nitrogens is 2. The van der Waals surface area contributed by atoms with Crippen LogP contribution in [0.1, 0.15) is 31.5 Å². The topological polar surface area (TPSA) is 40.7 Å². The third-order valence-electron chi connectivity index (χ3n) is 3.76. The zero-order valence-electron chi connectivity index (χ0n) is 11.1. The van der Waals surface area contributed by atoms with Gasteiger partial charge in [0.05, 0.1) is 18.4 Å². The molecule has 0 atom stereocenters. The number of aromatic amines is 1. The maximum atomic E-state index is 13.7. The van der Waals surface area contributed by atoms with Crippen LogP contribution in [0.5, 0.6) is 0 Å². The molecule has 0 saturated heterocycles. The Morgan fingerprint density at radius 2 is 2.05 bits per heavy atom. The van der Waals surface area contributed by atoms with E-state index in [1.54, 1.807) is 6.20 Å². The van der Waals surface area contributed by atoms with Crippen LogP contribution in [0, 0.1) is 11.6 Å². The van der Waals surface area contributed by atoms with Crippen molar-refractivity contribution in [3.8, 4) is 11.3 Å². The van der Waals surface area contributed by atoms with E-state index in [1.165, 1.54) is 37.8 Å². The van der Waals surface area contributed by atoms with Crippen LogP contribution in [0.15, 0.2) is 24.4 Å². The Bertz CT molecular complexity index is 589. The van der Waals surface area contributed by atoms with Gasteiger partial charge in [-0.1, -0.05) is 12.8 Å². The zero-order chi connectivity index (χ0) is 13.9. The predicted octanol–water partition coefficient (Wildman–Crippen LogP) is 3.39. The monoisotopic (exact) mass is 277 g/mol. The second-order valence-corrected chi connectivity index (χ2v) is 5.23. The number of hydrogen-bond acceptors (Lipinski definition) is 2. The third kappa shape index (κ3) is 2.88. The summed E-state index contributed by atoms with van der Waals surface area (Å²) in [6.45, 7) is 0.646. The molecule has 3 rings (SSSR count). The van der Waals surface area contributed by atoms with E-state index in [2.05, 4.69) is 15.3 Å². The summed E-state index contributed by atoms with van der Waals surface area (Å²) in [5.41, 5.74) is 0.914. The van der Waals surface area contributed by atoms with E-state index in [1.807, 2.05) is 0 Å². The highest BCUT2D eigenvalue weighted by atomic mass is 19.1. The van der Waals surface area contributed by atoms with Crippen LogP contribution in [0.25, 0.3) is 11.3 Å². The van der Waals surface area contributed by atoms with Gasteiger partial charge in [-0.15, -0.1) is 0 Å². The number of H-pyrrole nitrogens is 1. The molecule has 20 heavy (non-hydrogen) atoms. The molecule has 1 heterocycles. The van der Waals surface area contributed by atoms with Gasteiger partial charge in [-0.2, -0.15) is 0 Å². The lowest BCUT2D eigenvalue weighted by atomic mass is 10.1. The van der Waals surface area contributed by atoms with E-state index in [0.717, 1.165) is 11.9 Å². The molecule has 1 aliphatic carbocycles. The van der Waals surface area contributed by atoms with Gasteiger partial charge in [-0.3, -0.25) is 0 Å². The van der Waals surface area contributed by atoms with Gasteiger partial charge in [-0.05, 0) is 25.0 Å². The molecule has 1 saturated carbocycles. The summed E-state index contributed by atoms with van der Waals surface area (Å²) in [5, 5.41) is 3.44. The first-order chi connectivity index (χ1) is 9.72. The Labute approximate surface area is 116 Å². The molecule has 0 radical (unpaired) electrons. The molecule has 1 aromatic heterocycles. The summed E-state index contributed by atoms with van der Waals surface area (Å²) in [6.07, 6.45) is 6.56. The van der Waals surface area contributed by atoms with Crippen LogP contribution >= 0.6 is 0 Å². The summed E-state index contributed by atoms with van der Waals surface area (Å²) in [4.78, 5) is 7.32. The molecule has 0 bridgehead atoms. The van der Waals surface area contributed by atoms with Crippen LogP contribution in [-0.2, 0) is 6.54 Å². The minimum Gasteiger partial charge on any atom is -0.341 e. The van der Waals surface area contributed by atoms with Gasteiger partial charge in [-0.25, -0.2) is 13.8 Å². The smallest absolute Gasteiger partial charge is 0.135 e. The zero-order valence-corrected chi connectivity index (χ0v) is 11.1. The second kappa shape index (κ2) is 5.71. The molecule has 2 aromatic rings. The van der Waals surface area contributed by atoms with Crippen LogP contribution in [0.2, 0.25) is 0 Å². The van der Waals surface area contributed by atoms with Crippen molar-refractivity contribution in [3.05, 3.63) is 41.9 Å². The lowest BCUT2D eigenvalue weighted by Gasteiger charge is -2.09. The number of benzene rings is 1. The fourth-order valence-corrected chi connectivity index (χ4v) is 2.67. The maximum absolute atomic E-state index is 13.7. The largest absolute Gasteiger partial charge is 0.341 e. The van der Waals surface area contributed by atoms with E-state index in [0.29, 0.717) is 23.8 Å². The van der Waals surface area contributed by atoms with Crippen molar-refractivity contribution in [2.45, 2.75) is 38.3 Å². The second-order valence-electron chi connectivity index (χ2n) is 5.23. The molecule has 1 fully saturated rings. The van der Waals surface area contributed by atoms with Crippen molar-refractivity contribution in [2.75, 3.05) is 0 Å². The normalized spacial score (nSPS) is 15.9. The fourth-order valence-electron chi connectivity index (χ4n) is 2.67. The highest BCUT2D eigenvalue weighted by Crippen LogP contribution is 2.22. The molecule has 2 N–H and O–H groups in total. The average Bonchev–Trinajstić information content (AvgIpc) is 3.07. The van der Waals surface area contributed by atoms with Crippen molar-refractivity contribution >= 4 is 0 Å². The summed E-state index contributed by atoms with van der Waals surface area (Å²) in [5.74, 6) is -0.381. The maximum Gasteiger partial charge on any atom is 0.135 e. The highest BCUT2D eigenvalue weighted by Gasteiger charge is 2.15. The van der Waals surface area contributed by atoms with Gasteiger partial charge in [0.1, 0.15) is 17.5 Å². The first-order valence-electron chi connectivity index (χ1n) is 6.95. The number of hydrogen-bond donors (Lipinski definition) is 2. The minimum atomic E-state index is -0.580. The van der Waals surface area contributed by atoms with Crippen LogP contribution < -0.4 is 5.32 Å². The van der Waals surface area contributed by atoms with E-state index in [4.69, 9.17) is 0 Å². The quantitative estimate of drug-likeness (QED) is 0.899. The summed E-state index contributed by atoms with van der Waals surface area (Å²) < 4.78 is 26.6. The Kier molecular flexibility index (Phi) is 3.78. The Balaban J connectivity index is 1.69. The third-order valence-corrected chi connectivity index (χ3v) is 3.76. The van der Waals surface area contributed by atoms with Gasteiger partial charge >= 0.3 is 0 Å². The minimum absolute atomic E-state index is 0.339. The van der Waals surface area contributed by atoms with Crippen molar-refractivity contribution in [2.24, 2.45) is 0 Å². The first kappa shape index (κ1) is 13.2. The standard InChI is InChI=1S/C15H17F2N3/c16-10-5-6-12(13(17)7-10)14-8-19-15(20-14)9-18-11-3-1-2-4-11/h5-8,11,18H,1-4,9H2,(H,19,20). The molecule has 0 amide bonds.